The second-order valence-electron chi connectivity index (χ2n) is 7.61. The van der Waals surface area contributed by atoms with Crippen molar-refractivity contribution in [3.63, 3.8) is 0 Å². The number of nitrogens with one attached hydrogen (secondary N) is 3. The highest BCUT2D eigenvalue weighted by Gasteiger charge is 2.25. The molecule has 0 fully saturated rings. The van der Waals surface area contributed by atoms with Crippen LogP contribution in [-0.2, 0) is 14.1 Å². The number of pyridine rings is 3. The molecule has 0 radical (unpaired) electrons. The molecule has 174 valence electrons. The van der Waals surface area contributed by atoms with Crippen molar-refractivity contribution in [2.45, 2.75) is 6.30 Å². The molecule has 0 aliphatic carbocycles. The average Bonchev–Trinajstić information content (AvgIpc) is 3.24. The minimum atomic E-state index is -4.68. The molecule has 0 saturated carbocycles. The second-order valence-corrected chi connectivity index (χ2v) is 7.61. The SMILES string of the molecule is Cn1cc(-c2cccnc2)c(-c2cn(C)c(=O)c3[nH]c(/C(C=N)=C/NC(F)(F)F)cc23)cc1=O. The molecule has 0 amide bonds. The summed E-state index contributed by atoms with van der Waals surface area (Å²) in [6.07, 6.45) is 3.20. The molecule has 0 unspecified atom stereocenters. The van der Waals surface area contributed by atoms with Crippen LogP contribution in [0.4, 0.5) is 13.2 Å². The van der Waals surface area contributed by atoms with Gasteiger partial charge >= 0.3 is 6.30 Å². The number of aromatic nitrogens is 4. The van der Waals surface area contributed by atoms with Gasteiger partial charge in [0.05, 0.1) is 0 Å². The van der Waals surface area contributed by atoms with Crippen LogP contribution in [0.3, 0.4) is 0 Å². The van der Waals surface area contributed by atoms with Crippen molar-refractivity contribution in [3.05, 3.63) is 81.7 Å². The van der Waals surface area contributed by atoms with E-state index in [1.807, 2.05) is 6.07 Å². The lowest BCUT2D eigenvalue weighted by molar-refractivity contribution is -0.146. The van der Waals surface area contributed by atoms with Crippen LogP contribution in [0.2, 0.25) is 0 Å². The molecular weight excluding hydrogens is 449 g/mol. The van der Waals surface area contributed by atoms with Gasteiger partial charge in [0.25, 0.3) is 11.1 Å². The Morgan fingerprint density at radius 2 is 1.85 bits per heavy atom. The van der Waals surface area contributed by atoms with Crippen LogP contribution in [0.5, 0.6) is 0 Å². The van der Waals surface area contributed by atoms with Crippen LogP contribution in [0.1, 0.15) is 5.69 Å². The summed E-state index contributed by atoms with van der Waals surface area (Å²) < 4.78 is 40.6. The lowest BCUT2D eigenvalue weighted by Crippen LogP contribution is -2.26. The molecule has 4 rings (SSSR count). The largest absolute Gasteiger partial charge is 0.481 e. The van der Waals surface area contributed by atoms with Crippen LogP contribution in [0, 0.1) is 5.41 Å². The van der Waals surface area contributed by atoms with E-state index in [4.69, 9.17) is 5.41 Å². The third-order valence-corrected chi connectivity index (χ3v) is 5.31. The Morgan fingerprint density at radius 1 is 1.12 bits per heavy atom. The summed E-state index contributed by atoms with van der Waals surface area (Å²) in [4.78, 5) is 32.3. The van der Waals surface area contributed by atoms with E-state index < -0.39 is 11.9 Å². The van der Waals surface area contributed by atoms with E-state index in [1.54, 1.807) is 37.9 Å². The van der Waals surface area contributed by atoms with Crippen molar-refractivity contribution >= 4 is 22.7 Å². The average molecular weight is 468 g/mol. The predicted octanol–water partition coefficient (Wildman–Crippen LogP) is 3.39. The van der Waals surface area contributed by atoms with Crippen molar-refractivity contribution < 1.29 is 13.2 Å². The lowest BCUT2D eigenvalue weighted by atomic mass is 9.96. The monoisotopic (exact) mass is 468 g/mol. The van der Waals surface area contributed by atoms with Crippen LogP contribution in [-0.4, -0.2) is 31.6 Å². The van der Waals surface area contributed by atoms with Gasteiger partial charge in [0.15, 0.2) is 0 Å². The molecule has 0 spiro atoms. The Bertz CT molecular complexity index is 1550. The van der Waals surface area contributed by atoms with Gasteiger partial charge in [0, 0.05) is 90.7 Å². The zero-order valence-corrected chi connectivity index (χ0v) is 18.1. The van der Waals surface area contributed by atoms with Crippen LogP contribution < -0.4 is 16.4 Å². The number of hydrogen-bond donors (Lipinski definition) is 3. The number of H-pyrrole nitrogens is 1. The highest BCUT2D eigenvalue weighted by atomic mass is 19.4. The predicted molar refractivity (Wildman–Crippen MR) is 123 cm³/mol. The molecule has 0 aliphatic heterocycles. The first-order chi connectivity index (χ1) is 16.1. The van der Waals surface area contributed by atoms with Gasteiger partial charge < -0.3 is 24.8 Å². The van der Waals surface area contributed by atoms with Gasteiger partial charge in [-0.3, -0.25) is 14.6 Å². The van der Waals surface area contributed by atoms with Crippen LogP contribution in [0.15, 0.2) is 64.8 Å². The smallest absolute Gasteiger partial charge is 0.350 e. The highest BCUT2D eigenvalue weighted by Crippen LogP contribution is 2.35. The van der Waals surface area contributed by atoms with E-state index in [-0.39, 0.29) is 22.3 Å². The molecular formula is C23H19F3N6O2. The Morgan fingerprint density at radius 3 is 2.50 bits per heavy atom. The van der Waals surface area contributed by atoms with Gasteiger partial charge in [-0.1, -0.05) is 6.07 Å². The van der Waals surface area contributed by atoms with E-state index >= 15 is 0 Å². The van der Waals surface area contributed by atoms with Gasteiger partial charge in [0.2, 0.25) is 0 Å². The number of rotatable bonds is 5. The molecule has 0 atom stereocenters. The van der Waals surface area contributed by atoms with Gasteiger partial charge in [-0.2, -0.15) is 13.2 Å². The maximum atomic E-state index is 12.8. The number of alkyl halides is 3. The number of fused-ring (bicyclic) bond motifs is 1. The van der Waals surface area contributed by atoms with Crippen molar-refractivity contribution in [2.24, 2.45) is 14.1 Å². The van der Waals surface area contributed by atoms with Crippen molar-refractivity contribution in [1.82, 2.24) is 24.4 Å². The number of allylic oxidation sites excluding steroid dienone is 1. The number of hydrogen-bond acceptors (Lipinski definition) is 5. The van der Waals surface area contributed by atoms with Gasteiger partial charge in [-0.25, -0.2) is 0 Å². The highest BCUT2D eigenvalue weighted by molar-refractivity contribution is 6.10. The fourth-order valence-electron chi connectivity index (χ4n) is 3.67. The Hall–Kier alpha value is -4.41. The van der Waals surface area contributed by atoms with Crippen LogP contribution >= 0.6 is 0 Å². The summed E-state index contributed by atoms with van der Waals surface area (Å²) in [5.41, 5.74) is 1.92. The number of aryl methyl sites for hydroxylation is 2. The first-order valence-corrected chi connectivity index (χ1v) is 9.98. The van der Waals surface area contributed by atoms with Crippen molar-refractivity contribution in [3.8, 4) is 22.3 Å². The van der Waals surface area contributed by atoms with Gasteiger partial charge in [-0.05, 0) is 17.7 Å². The van der Waals surface area contributed by atoms with Crippen molar-refractivity contribution in [1.29, 1.82) is 5.41 Å². The fourth-order valence-corrected chi connectivity index (χ4v) is 3.67. The summed E-state index contributed by atoms with van der Waals surface area (Å²) in [5.74, 6) is 0. The normalized spacial score (nSPS) is 12.2. The number of aromatic amines is 1. The van der Waals surface area contributed by atoms with E-state index in [0.29, 0.717) is 28.3 Å². The third-order valence-electron chi connectivity index (χ3n) is 5.31. The molecule has 0 bridgehead atoms. The fraction of sp³-hybridized carbons (Fsp3) is 0.130. The molecule has 4 aromatic heterocycles. The standard InChI is InChI=1S/C23H19F3N6O2/c1-31-11-17(13-4-3-5-28-9-13)15(7-20(31)33)18-12-32(2)22(34)21-16(18)6-19(30-21)14(8-27)10-29-23(24,25)26/h3-12,27,29-30H,1-2H3/b14-10+,27-8?. The topological polar surface area (TPSA) is 109 Å². The molecule has 0 saturated heterocycles. The van der Waals surface area contributed by atoms with E-state index in [0.717, 1.165) is 11.8 Å². The maximum Gasteiger partial charge on any atom is 0.481 e. The summed E-state index contributed by atoms with van der Waals surface area (Å²) in [7, 11) is 3.15. The van der Waals surface area contributed by atoms with E-state index in [1.165, 1.54) is 33.6 Å². The van der Waals surface area contributed by atoms with Gasteiger partial charge in [0.1, 0.15) is 5.52 Å². The summed E-state index contributed by atoms with van der Waals surface area (Å²) in [6.45, 7) is 0. The van der Waals surface area contributed by atoms with Gasteiger partial charge in [-0.15, -0.1) is 0 Å². The first kappa shape index (κ1) is 22.8. The molecule has 11 heteroatoms. The Balaban J connectivity index is 2.01. The molecule has 8 nitrogen and oxygen atoms in total. The molecule has 34 heavy (non-hydrogen) atoms. The van der Waals surface area contributed by atoms with E-state index in [2.05, 4.69) is 9.97 Å². The summed E-state index contributed by atoms with van der Waals surface area (Å²) >= 11 is 0. The number of nitrogens with zero attached hydrogens (tertiary/aromatic N) is 3. The molecule has 0 aromatic carbocycles. The zero-order valence-electron chi connectivity index (χ0n) is 18.1. The minimum absolute atomic E-state index is 0.113. The second kappa shape index (κ2) is 8.50. The van der Waals surface area contributed by atoms with E-state index in [9.17, 15) is 22.8 Å². The molecule has 3 N–H and O–H groups in total. The number of halogens is 3. The van der Waals surface area contributed by atoms with Crippen molar-refractivity contribution in [2.75, 3.05) is 0 Å². The summed E-state index contributed by atoms with van der Waals surface area (Å²) in [5, 5.41) is 9.20. The minimum Gasteiger partial charge on any atom is -0.350 e. The lowest BCUT2D eigenvalue weighted by Gasteiger charge is -2.13. The Labute approximate surface area is 190 Å². The summed E-state index contributed by atoms with van der Waals surface area (Å²) in [6, 6.07) is 6.51. The molecule has 4 aromatic rings. The first-order valence-electron chi connectivity index (χ1n) is 9.98. The van der Waals surface area contributed by atoms with Crippen LogP contribution in [0.25, 0.3) is 38.7 Å². The maximum absolute atomic E-state index is 12.8. The quantitative estimate of drug-likeness (QED) is 0.308. The zero-order chi connectivity index (χ0) is 24.6. The molecule has 4 heterocycles. The molecule has 0 aliphatic rings. The third kappa shape index (κ3) is 4.27. The Kier molecular flexibility index (Phi) is 5.70.